The van der Waals surface area contributed by atoms with E-state index in [0.717, 1.165) is 38.0 Å². The van der Waals surface area contributed by atoms with E-state index in [1.165, 1.54) is 76.1 Å². The molecule has 0 unspecified atom stereocenters. The second kappa shape index (κ2) is 15.6. The lowest BCUT2D eigenvalue weighted by atomic mass is 9.96. The van der Waals surface area contributed by atoms with Crippen LogP contribution in [0, 0.1) is 11.8 Å². The van der Waals surface area contributed by atoms with Crippen molar-refractivity contribution in [3.8, 4) is 0 Å². The maximum Gasteiger partial charge on any atom is 0.0741 e. The van der Waals surface area contributed by atoms with Crippen molar-refractivity contribution in [1.29, 1.82) is 0 Å². The van der Waals surface area contributed by atoms with E-state index in [1.54, 1.807) is 0 Å². The first-order valence-corrected chi connectivity index (χ1v) is 16.1. The summed E-state index contributed by atoms with van der Waals surface area (Å²) in [5.74, 6) is 1.27. The maximum atomic E-state index is 5.79. The molecule has 4 aliphatic heterocycles. The Morgan fingerprint density at radius 3 is 1.51 bits per heavy atom. The van der Waals surface area contributed by atoms with Gasteiger partial charge in [0.25, 0.3) is 0 Å². The molecule has 0 aliphatic carbocycles. The zero-order chi connectivity index (χ0) is 28.4. The van der Waals surface area contributed by atoms with Gasteiger partial charge in [0, 0.05) is 64.3 Å². The largest absolute Gasteiger partial charge is 0.380 e. The number of piperidine rings is 2. The van der Waals surface area contributed by atoms with Gasteiger partial charge in [-0.1, -0.05) is 60.7 Å². The number of hydrogen-bond acceptors (Lipinski definition) is 6. The summed E-state index contributed by atoms with van der Waals surface area (Å²) in [4.78, 5) is 7.80. The predicted octanol–water partition coefficient (Wildman–Crippen LogP) is 4.20. The standard InChI is InChI=1S/C18H28N2O.C17H26N2O/c1-19-10-8-17(9-11-19)20-13-16(18(14-20)21-2)12-15-6-4-3-5-7-15;1-20-17-13-19(16-7-9-18-10-8-16)12-15(17)11-14-5-3-2-4-6-14/h3-7,16-18H,8-14H2,1-2H3;2-6,15-18H,7-13H2,1H3/t16-,18-;15-,17-/m11/s1. The predicted molar refractivity (Wildman–Crippen MR) is 168 cm³/mol. The lowest BCUT2D eigenvalue weighted by molar-refractivity contribution is 0.0712. The first kappa shape index (κ1) is 30.7. The molecule has 41 heavy (non-hydrogen) atoms. The van der Waals surface area contributed by atoms with E-state index < -0.39 is 0 Å². The summed E-state index contributed by atoms with van der Waals surface area (Å²) in [6.07, 6.45) is 8.26. The van der Waals surface area contributed by atoms with Crippen LogP contribution >= 0.6 is 0 Å². The van der Waals surface area contributed by atoms with Crippen LogP contribution in [-0.4, -0.2) is 113 Å². The fourth-order valence-electron chi connectivity index (χ4n) is 7.63. The molecule has 4 fully saturated rings. The molecular formula is C35H54N4O2. The third-order valence-electron chi connectivity index (χ3n) is 10.1. The summed E-state index contributed by atoms with van der Waals surface area (Å²) in [6.45, 7) is 9.43. The van der Waals surface area contributed by atoms with Gasteiger partial charge in [-0.2, -0.15) is 0 Å². The summed E-state index contributed by atoms with van der Waals surface area (Å²) in [5.41, 5.74) is 2.88. The average Bonchev–Trinajstić information content (AvgIpc) is 3.63. The van der Waals surface area contributed by atoms with Gasteiger partial charge >= 0.3 is 0 Å². The Bertz CT molecular complexity index is 994. The molecule has 6 rings (SSSR count). The second-order valence-corrected chi connectivity index (χ2v) is 12.9. The van der Waals surface area contributed by atoms with Gasteiger partial charge in [-0.25, -0.2) is 0 Å². The van der Waals surface area contributed by atoms with Crippen LogP contribution in [0.4, 0.5) is 0 Å². The van der Waals surface area contributed by atoms with E-state index in [-0.39, 0.29) is 0 Å². The smallest absolute Gasteiger partial charge is 0.0741 e. The first-order chi connectivity index (χ1) is 20.1. The third kappa shape index (κ3) is 8.62. The maximum absolute atomic E-state index is 5.79. The van der Waals surface area contributed by atoms with Crippen LogP contribution in [0.3, 0.4) is 0 Å². The zero-order valence-corrected chi connectivity index (χ0v) is 25.8. The van der Waals surface area contributed by atoms with E-state index >= 15 is 0 Å². The highest BCUT2D eigenvalue weighted by Crippen LogP contribution is 2.29. The molecule has 0 amide bonds. The van der Waals surface area contributed by atoms with E-state index in [4.69, 9.17) is 9.47 Å². The van der Waals surface area contributed by atoms with Gasteiger partial charge in [0.15, 0.2) is 0 Å². The molecule has 2 aromatic rings. The van der Waals surface area contributed by atoms with Crippen LogP contribution in [-0.2, 0) is 22.3 Å². The highest BCUT2D eigenvalue weighted by atomic mass is 16.5. The van der Waals surface area contributed by atoms with E-state index in [2.05, 4.69) is 87.7 Å². The van der Waals surface area contributed by atoms with Crippen molar-refractivity contribution >= 4 is 0 Å². The Labute approximate surface area is 249 Å². The minimum atomic E-state index is 0.393. The molecule has 6 heteroatoms. The molecule has 1 N–H and O–H groups in total. The topological polar surface area (TPSA) is 40.2 Å². The molecule has 4 saturated heterocycles. The van der Waals surface area contributed by atoms with Crippen molar-refractivity contribution in [3.05, 3.63) is 71.8 Å². The van der Waals surface area contributed by atoms with Gasteiger partial charge in [0.2, 0.25) is 0 Å². The van der Waals surface area contributed by atoms with Gasteiger partial charge < -0.3 is 19.7 Å². The third-order valence-corrected chi connectivity index (χ3v) is 10.1. The van der Waals surface area contributed by atoms with Crippen molar-refractivity contribution in [3.63, 3.8) is 0 Å². The molecule has 6 nitrogen and oxygen atoms in total. The van der Waals surface area contributed by atoms with Gasteiger partial charge in [-0.15, -0.1) is 0 Å². The van der Waals surface area contributed by atoms with Gasteiger partial charge in [0.1, 0.15) is 0 Å². The van der Waals surface area contributed by atoms with Gasteiger partial charge in [0.05, 0.1) is 12.2 Å². The number of ether oxygens (including phenoxy) is 2. The summed E-state index contributed by atoms with van der Waals surface area (Å²) < 4.78 is 11.5. The van der Waals surface area contributed by atoms with Crippen LogP contribution in [0.25, 0.3) is 0 Å². The van der Waals surface area contributed by atoms with Crippen LogP contribution in [0.15, 0.2) is 60.7 Å². The van der Waals surface area contributed by atoms with Crippen LogP contribution in [0.2, 0.25) is 0 Å². The Morgan fingerprint density at radius 1 is 0.634 bits per heavy atom. The van der Waals surface area contributed by atoms with Crippen molar-refractivity contribution in [2.24, 2.45) is 11.8 Å². The molecule has 2 aromatic carbocycles. The van der Waals surface area contributed by atoms with Crippen LogP contribution < -0.4 is 5.32 Å². The number of benzene rings is 2. The molecule has 4 atom stereocenters. The second-order valence-electron chi connectivity index (χ2n) is 12.9. The summed E-state index contributed by atoms with van der Waals surface area (Å²) in [6, 6.07) is 23.2. The number of nitrogens with one attached hydrogen (secondary N) is 1. The number of likely N-dealkylation sites (tertiary alicyclic amines) is 3. The average molecular weight is 563 g/mol. The molecule has 0 saturated carbocycles. The highest BCUT2D eigenvalue weighted by Gasteiger charge is 2.38. The van der Waals surface area contributed by atoms with Crippen molar-refractivity contribution < 1.29 is 9.47 Å². The van der Waals surface area contributed by atoms with E-state index in [9.17, 15) is 0 Å². The number of nitrogens with zero attached hydrogens (tertiary/aromatic N) is 3. The fraction of sp³-hybridized carbons (Fsp3) is 0.657. The fourth-order valence-corrected chi connectivity index (χ4v) is 7.63. The minimum Gasteiger partial charge on any atom is -0.380 e. The number of hydrogen-bond donors (Lipinski definition) is 1. The molecule has 4 aliphatic rings. The number of methoxy groups -OCH3 is 2. The quantitative estimate of drug-likeness (QED) is 0.520. The molecular weight excluding hydrogens is 508 g/mol. The van der Waals surface area contributed by atoms with Gasteiger partial charge in [-0.05, 0) is 82.9 Å². The molecule has 226 valence electrons. The van der Waals surface area contributed by atoms with Crippen molar-refractivity contribution in [2.45, 2.75) is 62.8 Å². The lowest BCUT2D eigenvalue weighted by Gasteiger charge is -2.35. The van der Waals surface area contributed by atoms with Crippen molar-refractivity contribution in [2.75, 3.05) is 73.6 Å². The lowest BCUT2D eigenvalue weighted by Crippen LogP contribution is -2.43. The normalized spacial score (nSPS) is 29.0. The summed E-state index contributed by atoms with van der Waals surface area (Å²) in [7, 11) is 5.98. The Kier molecular flexibility index (Phi) is 11.7. The SMILES string of the molecule is CO[C@@H]1CN(C2CCN(C)CC2)C[C@H]1Cc1ccccc1.CO[C@@H]1CN(C2CCNCC2)C[C@H]1Cc1ccccc1. The van der Waals surface area contributed by atoms with Gasteiger partial charge in [-0.3, -0.25) is 9.80 Å². The van der Waals surface area contributed by atoms with Crippen LogP contribution in [0.1, 0.15) is 36.8 Å². The molecule has 0 radical (unpaired) electrons. The summed E-state index contributed by atoms with van der Waals surface area (Å²) in [5, 5.41) is 3.46. The Balaban J connectivity index is 0.000000165. The van der Waals surface area contributed by atoms with E-state index in [1.807, 2.05) is 14.2 Å². The van der Waals surface area contributed by atoms with Crippen LogP contribution in [0.5, 0.6) is 0 Å². The zero-order valence-electron chi connectivity index (χ0n) is 25.8. The molecule has 0 spiro atoms. The molecule has 4 heterocycles. The highest BCUT2D eigenvalue weighted by molar-refractivity contribution is 5.17. The first-order valence-electron chi connectivity index (χ1n) is 16.1. The van der Waals surface area contributed by atoms with E-state index in [0.29, 0.717) is 24.0 Å². The Morgan fingerprint density at radius 2 is 1.07 bits per heavy atom. The minimum absolute atomic E-state index is 0.393. The Hall–Kier alpha value is -1.80. The monoisotopic (exact) mass is 562 g/mol. The molecule has 0 aromatic heterocycles. The molecule has 0 bridgehead atoms. The summed E-state index contributed by atoms with van der Waals surface area (Å²) >= 11 is 0. The number of rotatable bonds is 8. The van der Waals surface area contributed by atoms with Crippen molar-refractivity contribution in [1.82, 2.24) is 20.0 Å².